The number of unbranched alkanes of at least 4 members (excludes halogenated alkanes) is 4. The first kappa shape index (κ1) is 22.3. The van der Waals surface area contributed by atoms with Crippen molar-refractivity contribution in [1.82, 2.24) is 10.6 Å². The molecule has 27 heavy (non-hydrogen) atoms. The molecule has 0 saturated carbocycles. The van der Waals surface area contributed by atoms with Crippen LogP contribution in [0.2, 0.25) is 0 Å². The zero-order valence-corrected chi connectivity index (χ0v) is 16.3. The van der Waals surface area contributed by atoms with Crippen LogP contribution in [-0.4, -0.2) is 30.7 Å². The molecule has 1 aromatic rings. The first-order valence-electron chi connectivity index (χ1n) is 9.22. The average Bonchev–Trinajstić information content (AvgIpc) is 2.59. The summed E-state index contributed by atoms with van der Waals surface area (Å²) in [6.45, 7) is 6.74. The molecule has 0 aliphatic heterocycles. The molecule has 8 nitrogen and oxygen atoms in total. The van der Waals surface area contributed by atoms with Crippen molar-refractivity contribution in [2.24, 2.45) is 5.11 Å². The first-order chi connectivity index (χ1) is 12.8. The van der Waals surface area contributed by atoms with Gasteiger partial charge in [-0.25, -0.2) is 4.79 Å². The SMILES string of the molecule is CC(C)(C)OC(=O)NCCCCCCCNC(=O)c1ccc(N=[N+]=[N-])cc1. The van der Waals surface area contributed by atoms with Crippen LogP contribution in [0.3, 0.4) is 0 Å². The summed E-state index contributed by atoms with van der Waals surface area (Å²) >= 11 is 0. The van der Waals surface area contributed by atoms with E-state index < -0.39 is 5.60 Å². The van der Waals surface area contributed by atoms with Crippen LogP contribution in [0.1, 0.15) is 63.2 Å². The second kappa shape index (κ2) is 11.8. The highest BCUT2D eigenvalue weighted by Crippen LogP contribution is 2.13. The molecule has 0 radical (unpaired) electrons. The van der Waals surface area contributed by atoms with E-state index in [2.05, 4.69) is 20.7 Å². The highest BCUT2D eigenvalue weighted by Gasteiger charge is 2.15. The van der Waals surface area contributed by atoms with Crippen LogP contribution in [0.15, 0.2) is 29.4 Å². The Bertz CT molecular complexity index is 646. The number of amides is 2. The van der Waals surface area contributed by atoms with Crippen LogP contribution in [-0.2, 0) is 4.74 Å². The maximum Gasteiger partial charge on any atom is 0.407 e. The Labute approximate surface area is 160 Å². The molecule has 2 amide bonds. The lowest BCUT2D eigenvalue weighted by molar-refractivity contribution is 0.0527. The fourth-order valence-electron chi connectivity index (χ4n) is 2.32. The number of ether oxygens (including phenoxy) is 1. The lowest BCUT2D eigenvalue weighted by Crippen LogP contribution is -2.32. The largest absolute Gasteiger partial charge is 0.444 e. The van der Waals surface area contributed by atoms with Gasteiger partial charge >= 0.3 is 6.09 Å². The summed E-state index contributed by atoms with van der Waals surface area (Å²) in [5.41, 5.74) is 8.91. The van der Waals surface area contributed by atoms with E-state index in [4.69, 9.17) is 10.3 Å². The van der Waals surface area contributed by atoms with Crippen molar-refractivity contribution in [1.29, 1.82) is 0 Å². The summed E-state index contributed by atoms with van der Waals surface area (Å²) in [5.74, 6) is -0.135. The molecule has 0 aliphatic carbocycles. The van der Waals surface area contributed by atoms with Crippen LogP contribution in [0.5, 0.6) is 0 Å². The van der Waals surface area contributed by atoms with Gasteiger partial charge in [0, 0.05) is 29.3 Å². The van der Waals surface area contributed by atoms with Gasteiger partial charge in [0.1, 0.15) is 5.60 Å². The van der Waals surface area contributed by atoms with Crippen molar-refractivity contribution in [3.05, 3.63) is 40.3 Å². The van der Waals surface area contributed by atoms with E-state index in [1.807, 2.05) is 20.8 Å². The second-order valence-corrected chi connectivity index (χ2v) is 7.19. The van der Waals surface area contributed by atoms with E-state index >= 15 is 0 Å². The lowest BCUT2D eigenvalue weighted by Gasteiger charge is -2.19. The number of rotatable bonds is 10. The van der Waals surface area contributed by atoms with Crippen molar-refractivity contribution in [2.75, 3.05) is 13.1 Å². The van der Waals surface area contributed by atoms with E-state index in [1.165, 1.54) is 0 Å². The molecule has 2 N–H and O–H groups in total. The molecule has 0 atom stereocenters. The zero-order valence-electron chi connectivity index (χ0n) is 16.3. The zero-order chi connectivity index (χ0) is 20.1. The highest BCUT2D eigenvalue weighted by atomic mass is 16.6. The number of carbonyl (C=O) groups excluding carboxylic acids is 2. The fraction of sp³-hybridized carbons (Fsp3) is 0.579. The van der Waals surface area contributed by atoms with Crippen molar-refractivity contribution < 1.29 is 14.3 Å². The lowest BCUT2D eigenvalue weighted by atomic mass is 10.1. The van der Waals surface area contributed by atoms with Crippen LogP contribution in [0, 0.1) is 0 Å². The minimum Gasteiger partial charge on any atom is -0.444 e. The van der Waals surface area contributed by atoms with Gasteiger partial charge in [-0.15, -0.1) is 0 Å². The van der Waals surface area contributed by atoms with E-state index in [-0.39, 0.29) is 12.0 Å². The molecule has 0 saturated heterocycles. The molecule has 0 heterocycles. The number of carbonyl (C=O) groups is 2. The molecule has 1 aromatic carbocycles. The van der Waals surface area contributed by atoms with Gasteiger partial charge in [0.25, 0.3) is 5.91 Å². The Kier molecular flexibility index (Phi) is 9.75. The third kappa shape index (κ3) is 10.8. The Morgan fingerprint density at radius 1 is 1.00 bits per heavy atom. The summed E-state index contributed by atoms with van der Waals surface area (Å²) < 4.78 is 5.16. The molecule has 8 heteroatoms. The highest BCUT2D eigenvalue weighted by molar-refractivity contribution is 5.94. The van der Waals surface area contributed by atoms with Gasteiger partial charge < -0.3 is 15.4 Å². The smallest absolute Gasteiger partial charge is 0.407 e. The number of azide groups is 1. The Hall–Kier alpha value is -2.73. The predicted molar refractivity (Wildman–Crippen MR) is 105 cm³/mol. The normalized spacial score (nSPS) is 10.6. The predicted octanol–water partition coefficient (Wildman–Crippen LogP) is 4.83. The maximum absolute atomic E-state index is 12.0. The second-order valence-electron chi connectivity index (χ2n) is 7.19. The molecule has 0 bridgehead atoms. The molecular formula is C19H29N5O3. The van der Waals surface area contributed by atoms with Gasteiger partial charge in [0.05, 0.1) is 0 Å². The van der Waals surface area contributed by atoms with E-state index in [0.717, 1.165) is 32.1 Å². The third-order valence-corrected chi connectivity index (χ3v) is 3.60. The number of nitrogens with zero attached hydrogens (tertiary/aromatic N) is 3. The summed E-state index contributed by atoms with van der Waals surface area (Å²) in [4.78, 5) is 26.2. The van der Waals surface area contributed by atoms with Gasteiger partial charge in [0.2, 0.25) is 0 Å². The molecule has 148 valence electrons. The van der Waals surface area contributed by atoms with Gasteiger partial charge in [-0.3, -0.25) is 4.79 Å². The topological polar surface area (TPSA) is 116 Å². The van der Waals surface area contributed by atoms with Crippen molar-refractivity contribution in [3.8, 4) is 0 Å². The van der Waals surface area contributed by atoms with E-state index in [1.54, 1.807) is 24.3 Å². The minimum absolute atomic E-state index is 0.135. The Morgan fingerprint density at radius 3 is 2.11 bits per heavy atom. The molecule has 0 unspecified atom stereocenters. The molecule has 0 aromatic heterocycles. The summed E-state index contributed by atoms with van der Waals surface area (Å²) in [7, 11) is 0. The third-order valence-electron chi connectivity index (χ3n) is 3.60. The van der Waals surface area contributed by atoms with Crippen molar-refractivity contribution >= 4 is 17.7 Å². The summed E-state index contributed by atoms with van der Waals surface area (Å²) in [5, 5.41) is 9.08. The fourth-order valence-corrected chi connectivity index (χ4v) is 2.32. The van der Waals surface area contributed by atoms with Crippen LogP contribution in [0.4, 0.5) is 10.5 Å². The van der Waals surface area contributed by atoms with Gasteiger partial charge in [-0.05, 0) is 51.3 Å². The summed E-state index contributed by atoms with van der Waals surface area (Å²) in [6, 6.07) is 6.49. The van der Waals surface area contributed by atoms with Crippen LogP contribution < -0.4 is 10.6 Å². The van der Waals surface area contributed by atoms with Gasteiger partial charge in [-0.2, -0.15) is 0 Å². The summed E-state index contributed by atoms with van der Waals surface area (Å²) in [6.07, 6.45) is 4.52. The standard InChI is InChI=1S/C19H29N5O3/c1-19(2,3)27-18(26)22-14-8-6-4-5-7-13-21-17(25)15-9-11-16(12-10-15)23-24-20/h9-12H,4-8,13-14H2,1-3H3,(H,21,25)(H,22,26). The molecule has 0 fully saturated rings. The van der Waals surface area contributed by atoms with Crippen molar-refractivity contribution in [3.63, 3.8) is 0 Å². The van der Waals surface area contributed by atoms with Gasteiger partial charge in [-0.1, -0.05) is 36.5 Å². The Morgan fingerprint density at radius 2 is 1.56 bits per heavy atom. The number of nitrogens with one attached hydrogen (secondary N) is 2. The number of alkyl carbamates (subject to hydrolysis) is 1. The monoisotopic (exact) mass is 375 g/mol. The minimum atomic E-state index is -0.471. The first-order valence-corrected chi connectivity index (χ1v) is 9.22. The molecule has 1 rings (SSSR count). The number of benzene rings is 1. The average molecular weight is 375 g/mol. The Balaban J connectivity index is 2.04. The number of hydrogen-bond acceptors (Lipinski definition) is 4. The molecular weight excluding hydrogens is 346 g/mol. The molecule has 0 aliphatic rings. The quantitative estimate of drug-likeness (QED) is 0.264. The van der Waals surface area contributed by atoms with E-state index in [0.29, 0.717) is 24.3 Å². The van der Waals surface area contributed by atoms with E-state index in [9.17, 15) is 9.59 Å². The van der Waals surface area contributed by atoms with Crippen LogP contribution in [0.25, 0.3) is 10.4 Å². The maximum atomic E-state index is 12.0. The number of hydrogen-bond donors (Lipinski definition) is 2. The van der Waals surface area contributed by atoms with Crippen molar-refractivity contribution in [2.45, 2.75) is 58.5 Å². The van der Waals surface area contributed by atoms with Gasteiger partial charge in [0.15, 0.2) is 0 Å². The van der Waals surface area contributed by atoms with Crippen LogP contribution >= 0.6 is 0 Å². The molecule has 0 spiro atoms.